The van der Waals surface area contributed by atoms with Crippen LogP contribution in [0.5, 0.6) is 0 Å². The molecule has 0 aromatic heterocycles. The lowest BCUT2D eigenvalue weighted by atomic mass is 10.1. The van der Waals surface area contributed by atoms with Gasteiger partial charge in [-0.15, -0.1) is 0 Å². The van der Waals surface area contributed by atoms with Gasteiger partial charge in [-0.3, -0.25) is 0 Å². The Bertz CT molecular complexity index is 297. The van der Waals surface area contributed by atoms with E-state index in [1.165, 1.54) is 10.5 Å². The first-order valence-corrected chi connectivity index (χ1v) is 6.00. The van der Waals surface area contributed by atoms with Crippen molar-refractivity contribution in [1.29, 1.82) is 0 Å². The summed E-state index contributed by atoms with van der Waals surface area (Å²) in [5.41, 5.74) is 5.27. The summed E-state index contributed by atoms with van der Waals surface area (Å²) in [7, 11) is 0. The number of quaternary nitrogens is 2. The zero-order chi connectivity index (χ0) is 11.3. The Balaban J connectivity index is 2.96. The van der Waals surface area contributed by atoms with Gasteiger partial charge in [0.05, 0.1) is 13.1 Å². The second-order valence-electron chi connectivity index (χ2n) is 3.73. The smallest absolute Gasteiger partial charge is 0.164 e. The first kappa shape index (κ1) is 12.5. The van der Waals surface area contributed by atoms with Gasteiger partial charge in [0.15, 0.2) is 6.04 Å². The number of nitrogens with one attached hydrogen (secondary N) is 1. The highest BCUT2D eigenvalue weighted by atomic mass is 35.5. The summed E-state index contributed by atoms with van der Waals surface area (Å²) in [6.45, 7) is 7.53. The Hall–Kier alpha value is -0.570. The third kappa shape index (κ3) is 2.94. The van der Waals surface area contributed by atoms with E-state index in [0.717, 1.165) is 24.7 Å². The van der Waals surface area contributed by atoms with Crippen LogP contribution in [0.2, 0.25) is 5.02 Å². The summed E-state index contributed by atoms with van der Waals surface area (Å²) >= 11 is 6.21. The first-order chi connectivity index (χ1) is 7.24. The molecule has 0 bridgehead atoms. The van der Waals surface area contributed by atoms with E-state index in [1.54, 1.807) is 0 Å². The minimum absolute atomic E-state index is 0.425. The molecule has 1 aromatic carbocycles. The van der Waals surface area contributed by atoms with Crippen LogP contribution in [-0.2, 0) is 0 Å². The molecule has 1 atom stereocenters. The molecule has 0 aliphatic heterocycles. The summed E-state index contributed by atoms with van der Waals surface area (Å²) in [5.74, 6) is 0. The second-order valence-corrected chi connectivity index (χ2v) is 4.14. The largest absolute Gasteiger partial charge is 0.352 e. The Morgan fingerprint density at radius 1 is 1.27 bits per heavy atom. The minimum Gasteiger partial charge on any atom is -0.352 e. The molecule has 0 radical (unpaired) electrons. The van der Waals surface area contributed by atoms with E-state index in [9.17, 15) is 0 Å². The highest BCUT2D eigenvalue weighted by Gasteiger charge is 2.23. The van der Waals surface area contributed by atoms with Crippen LogP contribution in [0.4, 0.5) is 0 Å². The Morgan fingerprint density at radius 2 is 1.87 bits per heavy atom. The van der Waals surface area contributed by atoms with Gasteiger partial charge >= 0.3 is 0 Å². The van der Waals surface area contributed by atoms with Crippen molar-refractivity contribution in [3.63, 3.8) is 0 Å². The van der Waals surface area contributed by atoms with Gasteiger partial charge in [0, 0.05) is 10.6 Å². The van der Waals surface area contributed by atoms with E-state index in [0.29, 0.717) is 6.04 Å². The van der Waals surface area contributed by atoms with E-state index >= 15 is 0 Å². The number of benzene rings is 1. The van der Waals surface area contributed by atoms with Gasteiger partial charge in [-0.05, 0) is 19.9 Å². The fourth-order valence-corrected chi connectivity index (χ4v) is 2.35. The molecule has 0 unspecified atom stereocenters. The molecule has 0 saturated carbocycles. The zero-order valence-electron chi connectivity index (χ0n) is 9.59. The van der Waals surface area contributed by atoms with Crippen LogP contribution >= 0.6 is 11.6 Å². The van der Waals surface area contributed by atoms with Crippen LogP contribution < -0.4 is 10.6 Å². The molecule has 0 amide bonds. The molecule has 1 rings (SSSR count). The maximum absolute atomic E-state index is 6.21. The topological polar surface area (TPSA) is 32.1 Å². The molecule has 84 valence electrons. The summed E-state index contributed by atoms with van der Waals surface area (Å²) in [6, 6.07) is 8.52. The molecule has 0 fully saturated rings. The number of rotatable bonds is 5. The molecule has 4 N–H and O–H groups in total. The maximum Gasteiger partial charge on any atom is 0.164 e. The van der Waals surface area contributed by atoms with Crippen molar-refractivity contribution in [2.45, 2.75) is 19.9 Å². The summed E-state index contributed by atoms with van der Waals surface area (Å²) in [4.78, 5) is 1.54. The Labute approximate surface area is 97.0 Å². The molecule has 3 heteroatoms. The molecule has 0 spiro atoms. The number of hydrogen-bond donors (Lipinski definition) is 2. The first-order valence-electron chi connectivity index (χ1n) is 5.62. The van der Waals surface area contributed by atoms with Crippen molar-refractivity contribution in [2.75, 3.05) is 19.6 Å². The van der Waals surface area contributed by atoms with Gasteiger partial charge in [-0.25, -0.2) is 0 Å². The molecular weight excluding hydrogens is 208 g/mol. The van der Waals surface area contributed by atoms with Crippen LogP contribution in [0.3, 0.4) is 0 Å². The molecule has 0 heterocycles. The van der Waals surface area contributed by atoms with E-state index < -0.39 is 0 Å². The van der Waals surface area contributed by atoms with Gasteiger partial charge in [-0.1, -0.05) is 29.8 Å². The highest BCUT2D eigenvalue weighted by Crippen LogP contribution is 2.19. The molecule has 1 aromatic rings. The van der Waals surface area contributed by atoms with Crippen LogP contribution in [0.25, 0.3) is 0 Å². The number of halogens is 1. The molecular formula is C12H21ClN2+2. The summed E-state index contributed by atoms with van der Waals surface area (Å²) in [6.07, 6.45) is 0. The number of hydrogen-bond acceptors (Lipinski definition) is 0. The molecule has 0 aliphatic rings. The van der Waals surface area contributed by atoms with Crippen molar-refractivity contribution >= 4 is 11.6 Å². The third-order valence-corrected chi connectivity index (χ3v) is 3.31. The zero-order valence-corrected chi connectivity index (χ0v) is 10.3. The lowest BCUT2D eigenvalue weighted by Crippen LogP contribution is -3.13. The van der Waals surface area contributed by atoms with Crippen molar-refractivity contribution in [1.82, 2.24) is 0 Å². The van der Waals surface area contributed by atoms with Crippen molar-refractivity contribution < 1.29 is 10.6 Å². The lowest BCUT2D eigenvalue weighted by Gasteiger charge is -2.24. The summed E-state index contributed by atoms with van der Waals surface area (Å²) in [5, 5.41) is 0.866. The SMILES string of the molecule is CC[NH+](CC)[C@H](C[NH3+])c1ccccc1Cl. The van der Waals surface area contributed by atoms with E-state index in [1.807, 2.05) is 18.2 Å². The standard InChI is InChI=1S/C12H19ClN2/c1-3-15(4-2)12(9-14)10-7-5-6-8-11(10)13/h5-8,12H,3-4,9,14H2,1-2H3/p+2/t12-/m1/s1. The maximum atomic E-state index is 6.21. The molecule has 0 saturated heterocycles. The van der Waals surface area contributed by atoms with Gasteiger partial charge in [-0.2, -0.15) is 0 Å². The van der Waals surface area contributed by atoms with E-state index in [2.05, 4.69) is 25.6 Å². The Kier molecular flexibility index (Phi) is 5.09. The second kappa shape index (κ2) is 6.11. The lowest BCUT2D eigenvalue weighted by molar-refractivity contribution is -0.934. The van der Waals surface area contributed by atoms with Gasteiger partial charge in [0.1, 0.15) is 6.54 Å². The predicted molar refractivity (Wildman–Crippen MR) is 64.0 cm³/mol. The predicted octanol–water partition coefficient (Wildman–Crippen LogP) is 0.548. The fraction of sp³-hybridized carbons (Fsp3) is 0.500. The van der Waals surface area contributed by atoms with Crippen molar-refractivity contribution in [3.8, 4) is 0 Å². The van der Waals surface area contributed by atoms with Crippen LogP contribution in [0.15, 0.2) is 24.3 Å². The molecule has 15 heavy (non-hydrogen) atoms. The normalized spacial score (nSPS) is 13.1. The van der Waals surface area contributed by atoms with Crippen LogP contribution in [0, 0.1) is 0 Å². The number of likely N-dealkylation sites (N-methyl/N-ethyl adjacent to an activating group) is 1. The summed E-state index contributed by atoms with van der Waals surface area (Å²) < 4.78 is 0. The van der Waals surface area contributed by atoms with Gasteiger partial charge in [0.2, 0.25) is 0 Å². The molecule has 0 aliphatic carbocycles. The minimum atomic E-state index is 0.425. The van der Waals surface area contributed by atoms with E-state index in [-0.39, 0.29) is 0 Å². The Morgan fingerprint density at radius 3 is 2.33 bits per heavy atom. The third-order valence-electron chi connectivity index (χ3n) is 2.97. The van der Waals surface area contributed by atoms with Crippen LogP contribution in [0.1, 0.15) is 25.5 Å². The quantitative estimate of drug-likeness (QED) is 0.738. The van der Waals surface area contributed by atoms with Crippen molar-refractivity contribution in [2.24, 2.45) is 0 Å². The highest BCUT2D eigenvalue weighted by molar-refractivity contribution is 6.31. The van der Waals surface area contributed by atoms with Crippen LogP contribution in [-0.4, -0.2) is 19.6 Å². The van der Waals surface area contributed by atoms with Crippen molar-refractivity contribution in [3.05, 3.63) is 34.9 Å². The van der Waals surface area contributed by atoms with Gasteiger partial charge < -0.3 is 10.6 Å². The van der Waals surface area contributed by atoms with Gasteiger partial charge in [0.25, 0.3) is 0 Å². The van der Waals surface area contributed by atoms with E-state index in [4.69, 9.17) is 11.6 Å². The average molecular weight is 229 g/mol. The monoisotopic (exact) mass is 228 g/mol. The fourth-order valence-electron chi connectivity index (χ4n) is 2.08. The molecule has 2 nitrogen and oxygen atoms in total. The average Bonchev–Trinajstić information content (AvgIpc) is 2.27.